The van der Waals surface area contributed by atoms with Crippen LogP contribution in [0.5, 0.6) is 0 Å². The number of aldehydes is 1. The molecule has 0 heterocycles. The Hall–Kier alpha value is -0.630. The molecule has 0 radical (unpaired) electrons. The minimum absolute atomic E-state index is 0.225. The molecule has 0 amide bonds. The van der Waals surface area contributed by atoms with E-state index in [9.17, 15) is 4.79 Å². The van der Waals surface area contributed by atoms with Crippen LogP contribution in [0.25, 0.3) is 0 Å². The average Bonchev–Trinajstić information content (AvgIpc) is 2.19. The Morgan fingerprint density at radius 3 is 2.64 bits per heavy atom. The van der Waals surface area contributed by atoms with Gasteiger partial charge in [-0.05, 0) is 17.8 Å². The molecule has 1 aliphatic carbocycles. The number of carbonyl (C=O) groups is 1. The molecule has 0 saturated heterocycles. The lowest BCUT2D eigenvalue weighted by atomic mass is 9.73. The molecular weight excluding hydrogens is 176 g/mol. The van der Waals surface area contributed by atoms with E-state index >= 15 is 0 Å². The normalized spacial score (nSPS) is 37.1. The summed E-state index contributed by atoms with van der Waals surface area (Å²) in [7, 11) is 1.75. The van der Waals surface area contributed by atoms with Crippen molar-refractivity contribution in [3.63, 3.8) is 0 Å². The first-order valence-corrected chi connectivity index (χ1v) is 5.39. The third-order valence-electron chi connectivity index (χ3n) is 3.40. The summed E-state index contributed by atoms with van der Waals surface area (Å²) >= 11 is 0. The molecule has 4 atom stereocenters. The van der Waals surface area contributed by atoms with Gasteiger partial charge in [0.1, 0.15) is 6.29 Å². The third kappa shape index (κ3) is 2.24. The van der Waals surface area contributed by atoms with Gasteiger partial charge in [0.15, 0.2) is 0 Å². The highest BCUT2D eigenvalue weighted by molar-refractivity contribution is 5.50. The van der Waals surface area contributed by atoms with Crippen LogP contribution in [0.1, 0.15) is 26.7 Å². The summed E-state index contributed by atoms with van der Waals surface area (Å²) in [6, 6.07) is 0. The van der Waals surface area contributed by atoms with Gasteiger partial charge in [-0.1, -0.05) is 32.4 Å². The van der Waals surface area contributed by atoms with Gasteiger partial charge in [-0.15, -0.1) is 0 Å². The Morgan fingerprint density at radius 2 is 2.14 bits per heavy atom. The van der Waals surface area contributed by atoms with Gasteiger partial charge in [0, 0.05) is 13.5 Å². The standard InChI is InChI=1S/C12H20O2/c1-4-11-9(2)12(14-3)6-5-10(11)7-8-13/h5-6,8-12H,4,7H2,1-3H3. The molecule has 0 aromatic carbocycles. The summed E-state index contributed by atoms with van der Waals surface area (Å²) in [5, 5.41) is 0. The lowest BCUT2D eigenvalue weighted by Crippen LogP contribution is -2.33. The monoisotopic (exact) mass is 196 g/mol. The zero-order chi connectivity index (χ0) is 10.6. The first-order chi connectivity index (χ1) is 6.74. The fraction of sp³-hybridized carbons (Fsp3) is 0.750. The molecule has 1 aliphatic rings. The maximum atomic E-state index is 10.5. The molecule has 0 fully saturated rings. The molecule has 0 aliphatic heterocycles. The van der Waals surface area contributed by atoms with Crippen molar-refractivity contribution in [2.45, 2.75) is 32.8 Å². The van der Waals surface area contributed by atoms with Gasteiger partial charge in [-0.3, -0.25) is 0 Å². The van der Waals surface area contributed by atoms with Crippen molar-refractivity contribution in [3.8, 4) is 0 Å². The van der Waals surface area contributed by atoms with Crippen molar-refractivity contribution in [2.75, 3.05) is 7.11 Å². The van der Waals surface area contributed by atoms with E-state index in [1.165, 1.54) is 0 Å². The van der Waals surface area contributed by atoms with Gasteiger partial charge in [0.25, 0.3) is 0 Å². The summed E-state index contributed by atoms with van der Waals surface area (Å²) in [6.07, 6.45) is 7.27. The van der Waals surface area contributed by atoms with E-state index in [0.717, 1.165) is 12.7 Å². The van der Waals surface area contributed by atoms with Crippen LogP contribution in [0.4, 0.5) is 0 Å². The Labute approximate surface area is 86.3 Å². The summed E-state index contributed by atoms with van der Waals surface area (Å²) < 4.78 is 5.39. The van der Waals surface area contributed by atoms with Gasteiger partial charge in [-0.2, -0.15) is 0 Å². The smallest absolute Gasteiger partial charge is 0.120 e. The Balaban J connectivity index is 2.74. The van der Waals surface area contributed by atoms with E-state index in [1.807, 2.05) is 0 Å². The van der Waals surface area contributed by atoms with Gasteiger partial charge in [0.2, 0.25) is 0 Å². The van der Waals surface area contributed by atoms with Crippen molar-refractivity contribution < 1.29 is 9.53 Å². The minimum Gasteiger partial charge on any atom is -0.377 e. The van der Waals surface area contributed by atoms with E-state index in [1.54, 1.807) is 7.11 Å². The third-order valence-corrected chi connectivity index (χ3v) is 3.40. The molecule has 0 N–H and O–H groups in total. The molecule has 80 valence electrons. The SMILES string of the molecule is CCC1C(CC=O)C=CC(OC)C1C. The highest BCUT2D eigenvalue weighted by atomic mass is 16.5. The van der Waals surface area contributed by atoms with Crippen LogP contribution in [0.2, 0.25) is 0 Å². The molecular formula is C12H20O2. The Morgan fingerprint density at radius 1 is 1.43 bits per heavy atom. The molecule has 0 spiro atoms. The molecule has 0 bridgehead atoms. The first-order valence-electron chi connectivity index (χ1n) is 5.39. The quantitative estimate of drug-likeness (QED) is 0.510. The number of allylic oxidation sites excluding steroid dienone is 1. The topological polar surface area (TPSA) is 26.3 Å². The van der Waals surface area contributed by atoms with E-state index in [0.29, 0.717) is 24.2 Å². The molecule has 2 nitrogen and oxygen atoms in total. The van der Waals surface area contributed by atoms with Crippen molar-refractivity contribution >= 4 is 6.29 Å². The first kappa shape index (κ1) is 11.4. The largest absolute Gasteiger partial charge is 0.377 e. The minimum atomic E-state index is 0.225. The fourth-order valence-electron chi connectivity index (χ4n) is 2.54. The summed E-state index contributed by atoms with van der Waals surface area (Å²) in [5.74, 6) is 1.51. The molecule has 0 aromatic heterocycles. The van der Waals surface area contributed by atoms with Gasteiger partial charge in [0.05, 0.1) is 6.10 Å². The number of hydrogen-bond acceptors (Lipinski definition) is 2. The van der Waals surface area contributed by atoms with Crippen LogP contribution in [0, 0.1) is 17.8 Å². The zero-order valence-electron chi connectivity index (χ0n) is 9.27. The lowest BCUT2D eigenvalue weighted by molar-refractivity contribution is -0.109. The molecule has 2 heteroatoms. The van der Waals surface area contributed by atoms with Crippen molar-refractivity contribution in [2.24, 2.45) is 17.8 Å². The maximum absolute atomic E-state index is 10.5. The number of carbonyl (C=O) groups excluding carboxylic acids is 1. The summed E-state index contributed by atoms with van der Waals surface area (Å²) in [6.45, 7) is 4.40. The van der Waals surface area contributed by atoms with Crippen LogP contribution < -0.4 is 0 Å². The summed E-state index contributed by atoms with van der Waals surface area (Å²) in [4.78, 5) is 10.5. The predicted octanol–water partition coefficient (Wildman–Crippen LogP) is 2.44. The number of ether oxygens (including phenoxy) is 1. The van der Waals surface area contributed by atoms with Crippen molar-refractivity contribution in [1.82, 2.24) is 0 Å². The lowest BCUT2D eigenvalue weighted by Gasteiger charge is -2.36. The molecule has 0 aromatic rings. The Bertz CT molecular complexity index is 210. The van der Waals surface area contributed by atoms with Crippen LogP contribution in [-0.4, -0.2) is 19.5 Å². The second kappa shape index (κ2) is 5.30. The fourth-order valence-corrected chi connectivity index (χ4v) is 2.54. The van der Waals surface area contributed by atoms with Crippen LogP contribution >= 0.6 is 0 Å². The second-order valence-electron chi connectivity index (χ2n) is 4.08. The predicted molar refractivity (Wildman–Crippen MR) is 57.1 cm³/mol. The number of methoxy groups -OCH3 is 1. The van der Waals surface area contributed by atoms with Crippen LogP contribution in [0.3, 0.4) is 0 Å². The number of rotatable bonds is 4. The van der Waals surface area contributed by atoms with E-state index in [2.05, 4.69) is 26.0 Å². The molecule has 0 saturated carbocycles. The van der Waals surface area contributed by atoms with E-state index in [-0.39, 0.29) is 6.10 Å². The van der Waals surface area contributed by atoms with Crippen molar-refractivity contribution in [3.05, 3.63) is 12.2 Å². The molecule has 1 rings (SSSR count). The average molecular weight is 196 g/mol. The molecule has 14 heavy (non-hydrogen) atoms. The highest BCUT2D eigenvalue weighted by Gasteiger charge is 2.31. The second-order valence-corrected chi connectivity index (χ2v) is 4.08. The van der Waals surface area contributed by atoms with E-state index < -0.39 is 0 Å². The maximum Gasteiger partial charge on any atom is 0.120 e. The van der Waals surface area contributed by atoms with Crippen LogP contribution in [-0.2, 0) is 9.53 Å². The Kier molecular flexibility index (Phi) is 4.33. The summed E-state index contributed by atoms with van der Waals surface area (Å²) in [5.41, 5.74) is 0. The zero-order valence-corrected chi connectivity index (χ0v) is 9.27. The highest BCUT2D eigenvalue weighted by Crippen LogP contribution is 2.35. The van der Waals surface area contributed by atoms with Gasteiger partial charge < -0.3 is 9.53 Å². The molecule has 4 unspecified atom stereocenters. The number of hydrogen-bond donors (Lipinski definition) is 0. The van der Waals surface area contributed by atoms with Gasteiger partial charge in [-0.25, -0.2) is 0 Å². The van der Waals surface area contributed by atoms with Crippen molar-refractivity contribution in [1.29, 1.82) is 0 Å². The van der Waals surface area contributed by atoms with Gasteiger partial charge >= 0.3 is 0 Å². The van der Waals surface area contributed by atoms with Crippen LogP contribution in [0.15, 0.2) is 12.2 Å². The van der Waals surface area contributed by atoms with E-state index in [4.69, 9.17) is 4.74 Å².